The van der Waals surface area contributed by atoms with Crippen molar-refractivity contribution in [1.29, 1.82) is 0 Å². The molecule has 2 saturated heterocycles. The third-order valence-corrected chi connectivity index (χ3v) is 9.14. The van der Waals surface area contributed by atoms with Gasteiger partial charge in [0, 0.05) is 23.4 Å². The summed E-state index contributed by atoms with van der Waals surface area (Å²) in [6.45, 7) is 13.0. The van der Waals surface area contributed by atoms with Crippen molar-refractivity contribution < 1.29 is 24.2 Å². The molecule has 8 heteroatoms. The standard InChI is InChI=1S/C25H36N2O5S/c1-22(2,3)15-23(4,5)27-11-7-10-25-16(19(29)26(12-13-28)18(25)20(27)30)17-21(31)32-14-8-9-24(17,6)33-25/h7-10,16-18,28H,11-15H2,1-6H3/t16-,17-,18?,24+,25-/m0/s1. The number of thioether (sulfide) groups is 1. The van der Waals surface area contributed by atoms with Crippen LogP contribution in [-0.4, -0.2) is 80.1 Å². The van der Waals surface area contributed by atoms with Crippen LogP contribution in [0, 0.1) is 17.3 Å². The summed E-state index contributed by atoms with van der Waals surface area (Å²) in [5.41, 5.74) is -0.429. The van der Waals surface area contributed by atoms with Gasteiger partial charge in [-0.1, -0.05) is 39.0 Å². The number of aliphatic hydroxyl groups excluding tert-OH is 1. The number of ether oxygens (including phenoxy) is 1. The number of carbonyl (C=O) groups excluding carboxylic acids is 3. The Bertz CT molecular complexity index is 922. The molecule has 2 fully saturated rings. The number of carbonyl (C=O) groups is 3. The molecule has 5 atom stereocenters. The van der Waals surface area contributed by atoms with Crippen LogP contribution in [0.5, 0.6) is 0 Å². The molecule has 7 nitrogen and oxygen atoms in total. The summed E-state index contributed by atoms with van der Waals surface area (Å²) in [7, 11) is 0. The first-order valence-corrected chi connectivity index (χ1v) is 12.5. The molecule has 1 spiro atoms. The van der Waals surface area contributed by atoms with Crippen LogP contribution in [-0.2, 0) is 19.1 Å². The second kappa shape index (κ2) is 7.87. The second-order valence-electron chi connectivity index (χ2n) is 11.7. The van der Waals surface area contributed by atoms with Gasteiger partial charge in [-0.05, 0) is 38.7 Å². The number of aliphatic hydroxyl groups is 1. The maximum Gasteiger partial charge on any atom is 0.311 e. The van der Waals surface area contributed by atoms with E-state index < -0.39 is 38.9 Å². The van der Waals surface area contributed by atoms with E-state index in [0.717, 1.165) is 6.42 Å². The number of esters is 1. The third-order valence-electron chi connectivity index (χ3n) is 7.35. The molecule has 1 unspecified atom stereocenters. The number of hydrogen-bond donors (Lipinski definition) is 1. The molecule has 182 valence electrons. The molecule has 4 aliphatic heterocycles. The molecule has 2 amide bonds. The Kier molecular flexibility index (Phi) is 5.80. The maximum atomic E-state index is 14.2. The molecule has 0 radical (unpaired) electrons. The molecular formula is C25H36N2O5S. The number of cyclic esters (lactones) is 1. The molecule has 0 aromatic rings. The van der Waals surface area contributed by atoms with Crippen LogP contribution in [0.15, 0.2) is 24.3 Å². The first-order valence-electron chi connectivity index (χ1n) is 11.7. The molecule has 0 aliphatic carbocycles. The fourth-order valence-electron chi connectivity index (χ4n) is 6.64. The highest BCUT2D eigenvalue weighted by Crippen LogP contribution is 2.65. The Morgan fingerprint density at radius 1 is 1.09 bits per heavy atom. The summed E-state index contributed by atoms with van der Waals surface area (Å²) < 4.78 is 3.87. The highest BCUT2D eigenvalue weighted by atomic mass is 32.2. The van der Waals surface area contributed by atoms with Gasteiger partial charge in [0.2, 0.25) is 11.8 Å². The molecule has 0 bridgehead atoms. The van der Waals surface area contributed by atoms with Crippen molar-refractivity contribution in [3.05, 3.63) is 24.3 Å². The van der Waals surface area contributed by atoms with Crippen molar-refractivity contribution in [3.8, 4) is 0 Å². The number of nitrogens with zero attached hydrogens (tertiary/aromatic N) is 2. The van der Waals surface area contributed by atoms with Crippen molar-refractivity contribution in [2.45, 2.75) is 69.0 Å². The van der Waals surface area contributed by atoms with E-state index in [2.05, 4.69) is 34.6 Å². The molecule has 33 heavy (non-hydrogen) atoms. The Labute approximate surface area is 200 Å². The molecule has 0 aromatic heterocycles. The number of hydrogen-bond acceptors (Lipinski definition) is 6. The van der Waals surface area contributed by atoms with E-state index >= 15 is 0 Å². The zero-order valence-electron chi connectivity index (χ0n) is 20.5. The zero-order valence-corrected chi connectivity index (χ0v) is 21.3. The van der Waals surface area contributed by atoms with Crippen molar-refractivity contribution in [3.63, 3.8) is 0 Å². The maximum absolute atomic E-state index is 14.2. The van der Waals surface area contributed by atoms with Crippen LogP contribution in [0.3, 0.4) is 0 Å². The van der Waals surface area contributed by atoms with Crippen molar-refractivity contribution in [2.75, 3.05) is 26.3 Å². The lowest BCUT2D eigenvalue weighted by Gasteiger charge is -2.44. The minimum Gasteiger partial charge on any atom is -0.461 e. The fourth-order valence-corrected chi connectivity index (χ4v) is 8.79. The number of likely N-dealkylation sites (tertiary alicyclic amines) is 1. The van der Waals surface area contributed by atoms with Gasteiger partial charge in [0.25, 0.3) is 0 Å². The Hall–Kier alpha value is -1.80. The average Bonchev–Trinajstić information content (AvgIpc) is 2.91. The first kappa shape index (κ1) is 24.3. The van der Waals surface area contributed by atoms with Crippen LogP contribution in [0.2, 0.25) is 0 Å². The van der Waals surface area contributed by atoms with Gasteiger partial charge in [-0.25, -0.2) is 0 Å². The van der Waals surface area contributed by atoms with Crippen LogP contribution >= 0.6 is 11.8 Å². The van der Waals surface area contributed by atoms with Crippen LogP contribution in [0.4, 0.5) is 0 Å². The third kappa shape index (κ3) is 3.73. The number of fused-ring (bicyclic) bond motifs is 2. The summed E-state index contributed by atoms with van der Waals surface area (Å²) >= 11 is 1.53. The van der Waals surface area contributed by atoms with Gasteiger partial charge in [-0.2, -0.15) is 0 Å². The van der Waals surface area contributed by atoms with E-state index in [1.807, 2.05) is 36.1 Å². The Balaban J connectivity index is 1.83. The van der Waals surface area contributed by atoms with Gasteiger partial charge < -0.3 is 19.6 Å². The van der Waals surface area contributed by atoms with Gasteiger partial charge in [-0.15, -0.1) is 11.8 Å². The fraction of sp³-hybridized carbons (Fsp3) is 0.720. The summed E-state index contributed by atoms with van der Waals surface area (Å²) in [4.78, 5) is 44.5. The average molecular weight is 477 g/mol. The Morgan fingerprint density at radius 3 is 2.42 bits per heavy atom. The molecule has 1 N–H and O–H groups in total. The predicted molar refractivity (Wildman–Crippen MR) is 127 cm³/mol. The highest BCUT2D eigenvalue weighted by molar-refractivity contribution is 8.02. The minimum absolute atomic E-state index is 0.00757. The summed E-state index contributed by atoms with van der Waals surface area (Å²) in [5, 5.41) is 9.76. The molecule has 4 heterocycles. The number of β-amino-alcohol motifs (C(OH)–C–C–N with tert-alkyl or cyclic N) is 1. The summed E-state index contributed by atoms with van der Waals surface area (Å²) in [6.07, 6.45) is 8.56. The van der Waals surface area contributed by atoms with Crippen molar-refractivity contribution in [2.24, 2.45) is 17.3 Å². The number of rotatable bonds is 4. The summed E-state index contributed by atoms with van der Waals surface area (Å²) in [5.74, 6) is -2.18. The van der Waals surface area contributed by atoms with E-state index in [0.29, 0.717) is 6.54 Å². The lowest BCUT2D eigenvalue weighted by Crippen LogP contribution is -2.59. The molecule has 4 aliphatic rings. The topological polar surface area (TPSA) is 87.2 Å². The van der Waals surface area contributed by atoms with Crippen LogP contribution in [0.1, 0.15) is 48.0 Å². The van der Waals surface area contributed by atoms with E-state index in [-0.39, 0.29) is 37.0 Å². The van der Waals surface area contributed by atoms with Gasteiger partial charge in [0.1, 0.15) is 12.6 Å². The van der Waals surface area contributed by atoms with Crippen LogP contribution in [0.25, 0.3) is 0 Å². The smallest absolute Gasteiger partial charge is 0.311 e. The van der Waals surface area contributed by atoms with E-state index in [9.17, 15) is 19.5 Å². The number of amides is 2. The first-order chi connectivity index (χ1) is 15.3. The molecule has 0 aromatic carbocycles. The lowest BCUT2D eigenvalue weighted by atomic mass is 9.74. The van der Waals surface area contributed by atoms with Crippen molar-refractivity contribution >= 4 is 29.5 Å². The van der Waals surface area contributed by atoms with E-state index in [1.54, 1.807) is 0 Å². The minimum atomic E-state index is -0.893. The Morgan fingerprint density at radius 2 is 1.79 bits per heavy atom. The second-order valence-corrected chi connectivity index (χ2v) is 13.5. The highest BCUT2D eigenvalue weighted by Gasteiger charge is 2.74. The molecular weight excluding hydrogens is 440 g/mol. The van der Waals surface area contributed by atoms with Gasteiger partial charge >= 0.3 is 5.97 Å². The largest absolute Gasteiger partial charge is 0.461 e. The predicted octanol–water partition coefficient (Wildman–Crippen LogP) is 2.39. The lowest BCUT2D eigenvalue weighted by molar-refractivity contribution is -0.152. The summed E-state index contributed by atoms with van der Waals surface area (Å²) in [6, 6.07) is -0.782. The molecule has 4 rings (SSSR count). The normalized spacial score (nSPS) is 36.3. The SMILES string of the molecule is CC(C)(C)CC(C)(C)N1CC=C[C@]23S[C@]4(C)C=CCOC(=O)[C@@H]4[C@H]2C(=O)N(CCO)C3C1=O. The monoisotopic (exact) mass is 476 g/mol. The van der Waals surface area contributed by atoms with Gasteiger partial charge in [0.05, 0.1) is 23.2 Å². The zero-order chi connectivity index (χ0) is 24.4. The quantitative estimate of drug-likeness (QED) is 0.495. The van der Waals surface area contributed by atoms with Crippen LogP contribution < -0.4 is 0 Å². The van der Waals surface area contributed by atoms with Gasteiger partial charge in [-0.3, -0.25) is 14.4 Å². The molecule has 0 saturated carbocycles. The van der Waals surface area contributed by atoms with E-state index in [4.69, 9.17) is 4.74 Å². The van der Waals surface area contributed by atoms with E-state index in [1.165, 1.54) is 16.7 Å². The van der Waals surface area contributed by atoms with Gasteiger partial charge in [0.15, 0.2) is 0 Å². The van der Waals surface area contributed by atoms with Crippen molar-refractivity contribution in [1.82, 2.24) is 9.80 Å².